The van der Waals surface area contributed by atoms with Gasteiger partial charge in [-0.25, -0.2) is 0 Å². The van der Waals surface area contributed by atoms with Crippen LogP contribution < -0.4 is 4.74 Å². The summed E-state index contributed by atoms with van der Waals surface area (Å²) < 4.78 is 5.99. The predicted octanol–water partition coefficient (Wildman–Crippen LogP) is 4.05. The molecule has 2 aliphatic carbocycles. The molecule has 6 heteroatoms. The zero-order valence-electron chi connectivity index (χ0n) is 15.5. The number of phenolic OH excluding ortho intramolecular Hbond substituents is 1. The van der Waals surface area contributed by atoms with E-state index < -0.39 is 0 Å². The third kappa shape index (κ3) is 2.88. The summed E-state index contributed by atoms with van der Waals surface area (Å²) in [4.78, 5) is 28.0. The average Bonchev–Trinajstić information content (AvgIpc) is 2.65. The van der Waals surface area contributed by atoms with E-state index in [1.54, 1.807) is 6.07 Å². The number of nitrogens with zero attached hydrogens (tertiary/aromatic N) is 1. The van der Waals surface area contributed by atoms with Crippen molar-refractivity contribution < 1.29 is 19.4 Å². The standard InChI is InChI=1S/C21H22INO4/c1-23-13-5-3-7-15(24)19(13)18(20-14(23)6-4-8-16(20)25)11-9-12(22)21(26)17(10-11)27-2/h9-10,18,26H,3-8H2,1-2H3. The van der Waals surface area contributed by atoms with Gasteiger partial charge in [0, 0.05) is 48.3 Å². The van der Waals surface area contributed by atoms with Crippen LogP contribution in [0.4, 0.5) is 0 Å². The molecule has 1 N–H and O–H groups in total. The number of halogens is 1. The molecule has 0 fully saturated rings. The fourth-order valence-electron chi connectivity index (χ4n) is 4.60. The van der Waals surface area contributed by atoms with Crippen LogP contribution in [-0.2, 0) is 9.59 Å². The molecule has 0 amide bonds. The van der Waals surface area contributed by atoms with Crippen molar-refractivity contribution in [3.8, 4) is 11.5 Å². The molecule has 0 aromatic heterocycles. The third-order valence-corrected chi connectivity index (χ3v) is 6.67. The van der Waals surface area contributed by atoms with Crippen LogP contribution in [0.1, 0.15) is 50.0 Å². The van der Waals surface area contributed by atoms with E-state index >= 15 is 0 Å². The van der Waals surface area contributed by atoms with Gasteiger partial charge >= 0.3 is 0 Å². The molecule has 27 heavy (non-hydrogen) atoms. The van der Waals surface area contributed by atoms with E-state index in [9.17, 15) is 14.7 Å². The van der Waals surface area contributed by atoms with Crippen LogP contribution in [0.15, 0.2) is 34.7 Å². The fourth-order valence-corrected chi connectivity index (χ4v) is 5.23. The number of benzene rings is 1. The van der Waals surface area contributed by atoms with Crippen LogP contribution in [0.25, 0.3) is 0 Å². The van der Waals surface area contributed by atoms with Crippen molar-refractivity contribution in [1.29, 1.82) is 0 Å². The highest BCUT2D eigenvalue weighted by molar-refractivity contribution is 14.1. The summed E-state index contributed by atoms with van der Waals surface area (Å²) in [6.45, 7) is 0. The van der Waals surface area contributed by atoms with E-state index in [0.717, 1.165) is 53.8 Å². The lowest BCUT2D eigenvalue weighted by Gasteiger charge is -2.42. The van der Waals surface area contributed by atoms with Crippen LogP contribution in [0.3, 0.4) is 0 Å². The van der Waals surface area contributed by atoms with Crippen LogP contribution in [0.2, 0.25) is 0 Å². The first-order valence-corrected chi connectivity index (χ1v) is 10.3. The van der Waals surface area contributed by atoms with Gasteiger partial charge in [0.1, 0.15) is 0 Å². The fraction of sp³-hybridized carbons (Fsp3) is 0.429. The van der Waals surface area contributed by atoms with Crippen LogP contribution in [0, 0.1) is 3.57 Å². The molecule has 1 aliphatic heterocycles. The highest BCUT2D eigenvalue weighted by Crippen LogP contribution is 2.49. The number of aromatic hydroxyl groups is 1. The summed E-state index contributed by atoms with van der Waals surface area (Å²) in [5.74, 6) is 0.338. The molecule has 4 rings (SSSR count). The van der Waals surface area contributed by atoms with Crippen LogP contribution >= 0.6 is 22.6 Å². The van der Waals surface area contributed by atoms with Crippen molar-refractivity contribution in [3.63, 3.8) is 0 Å². The van der Waals surface area contributed by atoms with Crippen molar-refractivity contribution in [3.05, 3.63) is 43.8 Å². The van der Waals surface area contributed by atoms with Crippen molar-refractivity contribution in [2.75, 3.05) is 14.2 Å². The van der Waals surface area contributed by atoms with Gasteiger partial charge in [0.15, 0.2) is 23.1 Å². The van der Waals surface area contributed by atoms with Gasteiger partial charge < -0.3 is 14.7 Å². The van der Waals surface area contributed by atoms with Gasteiger partial charge in [-0.15, -0.1) is 0 Å². The SMILES string of the molecule is COc1cc(C2C3=C(CCCC3=O)N(C)C3=C2C(=O)CCC3)cc(I)c1O. The molecular weight excluding hydrogens is 457 g/mol. The summed E-state index contributed by atoms with van der Waals surface area (Å²) in [6.07, 6.45) is 4.44. The second kappa shape index (κ2) is 6.96. The van der Waals surface area contributed by atoms with Crippen molar-refractivity contribution in [1.82, 2.24) is 4.90 Å². The molecule has 142 valence electrons. The van der Waals surface area contributed by atoms with E-state index in [1.165, 1.54) is 7.11 Å². The summed E-state index contributed by atoms with van der Waals surface area (Å²) in [7, 11) is 3.50. The summed E-state index contributed by atoms with van der Waals surface area (Å²) in [5.41, 5.74) is 4.44. The van der Waals surface area contributed by atoms with Gasteiger partial charge in [0.25, 0.3) is 0 Å². The minimum absolute atomic E-state index is 0.0862. The highest BCUT2D eigenvalue weighted by Gasteiger charge is 2.42. The lowest BCUT2D eigenvalue weighted by atomic mass is 9.71. The maximum absolute atomic E-state index is 12.9. The lowest BCUT2D eigenvalue weighted by Crippen LogP contribution is -2.37. The Balaban J connectivity index is 1.98. The maximum atomic E-state index is 12.9. The van der Waals surface area contributed by atoms with E-state index in [2.05, 4.69) is 27.5 Å². The third-order valence-electron chi connectivity index (χ3n) is 5.85. The molecule has 5 nitrogen and oxygen atoms in total. The van der Waals surface area contributed by atoms with Crippen LogP contribution in [-0.4, -0.2) is 35.7 Å². The van der Waals surface area contributed by atoms with Gasteiger partial charge in [-0.1, -0.05) is 0 Å². The number of hydrogen-bond acceptors (Lipinski definition) is 5. The molecule has 0 unspecified atom stereocenters. The molecular formula is C21H22INO4. The maximum Gasteiger partial charge on any atom is 0.171 e. The molecule has 0 atom stereocenters. The van der Waals surface area contributed by atoms with Gasteiger partial charge in [0.05, 0.1) is 10.7 Å². The number of rotatable bonds is 2. The highest BCUT2D eigenvalue weighted by atomic mass is 127. The Bertz CT molecular complexity index is 871. The monoisotopic (exact) mass is 479 g/mol. The zero-order valence-corrected chi connectivity index (χ0v) is 17.6. The van der Waals surface area contributed by atoms with Gasteiger partial charge in [0.2, 0.25) is 0 Å². The number of ketones is 2. The largest absolute Gasteiger partial charge is 0.504 e. The Labute approximate surface area is 172 Å². The molecule has 0 spiro atoms. The molecule has 1 aromatic carbocycles. The number of ether oxygens (including phenoxy) is 1. The Morgan fingerprint density at radius 3 is 2.11 bits per heavy atom. The number of allylic oxidation sites excluding steroid dienone is 4. The number of methoxy groups -OCH3 is 1. The average molecular weight is 479 g/mol. The van der Waals surface area contributed by atoms with Gasteiger partial charge in [-0.05, 0) is 66.0 Å². The van der Waals surface area contributed by atoms with E-state index in [-0.39, 0.29) is 23.2 Å². The Kier molecular flexibility index (Phi) is 4.78. The molecule has 1 heterocycles. The second-order valence-electron chi connectivity index (χ2n) is 7.32. The minimum atomic E-state index is -0.366. The number of hydrogen-bond donors (Lipinski definition) is 1. The first-order valence-electron chi connectivity index (χ1n) is 9.26. The van der Waals surface area contributed by atoms with Crippen molar-refractivity contribution in [2.45, 2.75) is 44.4 Å². The predicted molar refractivity (Wildman–Crippen MR) is 110 cm³/mol. The first-order chi connectivity index (χ1) is 12.9. The van der Waals surface area contributed by atoms with Crippen molar-refractivity contribution >= 4 is 34.2 Å². The number of carbonyl (C=O) groups excluding carboxylic acids is 2. The molecule has 1 aromatic rings. The Hall–Kier alpha value is -1.83. The Morgan fingerprint density at radius 1 is 1.04 bits per heavy atom. The molecule has 0 saturated carbocycles. The smallest absolute Gasteiger partial charge is 0.171 e. The Morgan fingerprint density at radius 2 is 1.59 bits per heavy atom. The van der Waals surface area contributed by atoms with Crippen LogP contribution in [0.5, 0.6) is 11.5 Å². The zero-order chi connectivity index (χ0) is 19.3. The quantitative estimate of drug-likeness (QED) is 0.649. The molecule has 0 saturated heterocycles. The lowest BCUT2D eigenvalue weighted by molar-refractivity contribution is -0.117. The van der Waals surface area contributed by atoms with Gasteiger partial charge in [-0.2, -0.15) is 0 Å². The topological polar surface area (TPSA) is 66.8 Å². The first kappa shape index (κ1) is 18.5. The number of Topliss-reactive ketones (excluding diaryl/α,β-unsaturated/α-hetero) is 2. The molecule has 0 bridgehead atoms. The molecule has 3 aliphatic rings. The van der Waals surface area contributed by atoms with E-state index in [0.29, 0.717) is 22.2 Å². The van der Waals surface area contributed by atoms with E-state index in [4.69, 9.17) is 4.74 Å². The minimum Gasteiger partial charge on any atom is -0.504 e. The summed E-state index contributed by atoms with van der Waals surface area (Å²) in [6, 6.07) is 3.64. The summed E-state index contributed by atoms with van der Waals surface area (Å²) in [5, 5.41) is 10.2. The number of phenols is 1. The van der Waals surface area contributed by atoms with E-state index in [1.807, 2.05) is 13.1 Å². The van der Waals surface area contributed by atoms with Gasteiger partial charge in [-0.3, -0.25) is 9.59 Å². The second-order valence-corrected chi connectivity index (χ2v) is 8.48. The normalized spacial score (nSPS) is 20.8. The molecule has 0 radical (unpaired) electrons. The van der Waals surface area contributed by atoms with Crippen molar-refractivity contribution in [2.24, 2.45) is 0 Å². The number of carbonyl (C=O) groups is 2. The summed E-state index contributed by atoms with van der Waals surface area (Å²) >= 11 is 2.06.